The van der Waals surface area contributed by atoms with Crippen molar-refractivity contribution in [2.45, 2.75) is 40.0 Å². The molecule has 1 aromatic rings. The summed E-state index contributed by atoms with van der Waals surface area (Å²) in [5, 5.41) is 0. The van der Waals surface area contributed by atoms with Crippen LogP contribution >= 0.6 is 0 Å². The van der Waals surface area contributed by atoms with Crippen molar-refractivity contribution in [3.63, 3.8) is 0 Å². The first-order chi connectivity index (χ1) is 5.61. The zero-order chi connectivity index (χ0) is 9.61. The fourth-order valence-electron chi connectivity index (χ4n) is 0.938. The molecule has 1 aromatic carbocycles. The predicted octanol–water partition coefficient (Wildman–Crippen LogP) is 4.46. The molecule has 0 nitrogen and oxygen atoms in total. The Morgan fingerprint density at radius 3 is 1.43 bits per heavy atom. The minimum Gasteiger partial charge on any atom is -0.358 e. The van der Waals surface area contributed by atoms with E-state index in [1.165, 1.54) is 5.56 Å². The summed E-state index contributed by atoms with van der Waals surface area (Å²) in [6.45, 7) is 10.7. The zero-order valence-corrected chi connectivity index (χ0v) is 13.2. The van der Waals surface area contributed by atoms with Crippen molar-refractivity contribution in [3.05, 3.63) is 43.3 Å². The summed E-state index contributed by atoms with van der Waals surface area (Å²) >= 11 is 0. The Labute approximate surface area is 104 Å². The van der Waals surface area contributed by atoms with Crippen LogP contribution in [0, 0.1) is 7.43 Å². The molecule has 0 spiro atoms. The Morgan fingerprint density at radius 2 is 1.21 bits per heavy atom. The van der Waals surface area contributed by atoms with E-state index in [1.807, 2.05) is 13.8 Å². The summed E-state index contributed by atoms with van der Waals surface area (Å²) in [4.78, 5) is 0. The minimum atomic E-state index is 0. The Kier molecular flexibility index (Phi) is 13.2. The second kappa shape index (κ2) is 9.46. The molecule has 14 heavy (non-hydrogen) atoms. The fourth-order valence-corrected chi connectivity index (χ4v) is 0.938. The van der Waals surface area contributed by atoms with Gasteiger partial charge in [0.2, 0.25) is 0 Å². The average molecular weight is 363 g/mol. The van der Waals surface area contributed by atoms with Crippen molar-refractivity contribution in [2.75, 3.05) is 0 Å². The molecule has 0 fully saturated rings. The van der Waals surface area contributed by atoms with Crippen LogP contribution in [0.1, 0.15) is 40.2 Å². The first kappa shape index (κ1) is 19.5. The number of hydrogen-bond acceptors (Lipinski definition) is 0. The van der Waals surface area contributed by atoms with Gasteiger partial charge < -0.3 is 7.43 Å². The molecule has 0 aromatic heterocycles. The van der Waals surface area contributed by atoms with Crippen molar-refractivity contribution in [2.24, 2.45) is 0 Å². The van der Waals surface area contributed by atoms with Crippen LogP contribution < -0.4 is 0 Å². The van der Waals surface area contributed by atoms with E-state index in [1.54, 1.807) is 0 Å². The average Bonchev–Trinajstić information content (AvgIpc) is 2.08. The van der Waals surface area contributed by atoms with Crippen LogP contribution in [0.5, 0.6) is 0 Å². The first-order valence-electron chi connectivity index (χ1n) is 4.66. The van der Waals surface area contributed by atoms with Crippen molar-refractivity contribution < 1.29 is 21.1 Å². The van der Waals surface area contributed by atoms with Gasteiger partial charge >= 0.3 is 0 Å². The predicted molar refractivity (Wildman–Crippen MR) is 62.9 cm³/mol. The fraction of sp³-hybridized carbons (Fsp3) is 0.462. The van der Waals surface area contributed by atoms with E-state index < -0.39 is 0 Å². The second-order valence-corrected chi connectivity index (χ2v) is 3.62. The monoisotopic (exact) mass is 363 g/mol. The van der Waals surface area contributed by atoms with Crippen LogP contribution in [0.25, 0.3) is 0 Å². The summed E-state index contributed by atoms with van der Waals surface area (Å²) in [6.07, 6.45) is 0. The van der Waals surface area contributed by atoms with Crippen LogP contribution in [-0.4, -0.2) is 0 Å². The zero-order valence-electron chi connectivity index (χ0n) is 10.3. The van der Waals surface area contributed by atoms with E-state index in [9.17, 15) is 0 Å². The van der Waals surface area contributed by atoms with Gasteiger partial charge in [0.05, 0.1) is 0 Å². The summed E-state index contributed by atoms with van der Waals surface area (Å²) in [7, 11) is 0. The van der Waals surface area contributed by atoms with Crippen LogP contribution in [-0.2, 0) is 26.5 Å². The molecule has 0 saturated heterocycles. The molecule has 0 amide bonds. The van der Waals surface area contributed by atoms with Gasteiger partial charge in [-0.25, -0.2) is 0 Å². The van der Waals surface area contributed by atoms with Gasteiger partial charge in [0.25, 0.3) is 0 Å². The Balaban J connectivity index is -0.000000284. The maximum Gasteiger partial charge on any atom is 0 e. The molecule has 0 saturated carbocycles. The van der Waals surface area contributed by atoms with E-state index >= 15 is 0 Å². The van der Waals surface area contributed by atoms with E-state index in [2.05, 4.69) is 51.1 Å². The number of rotatable bonds is 0. The molecule has 0 bridgehead atoms. The molecule has 0 heterocycles. The standard InChI is InChI=1S/C10H14.C2H6.CH3.W/c1-10(2,3)9-7-5-4-6-8-9;1-2;;/h4-8H,1-3H3;1-2H3;1H3;/q;;-1;. The molecule has 0 atom stereocenters. The normalized spacial score (nSPS) is 8.64. The Bertz CT molecular complexity index is 196. The summed E-state index contributed by atoms with van der Waals surface area (Å²) < 4.78 is 0. The van der Waals surface area contributed by atoms with Gasteiger partial charge in [-0.15, -0.1) is 0 Å². The second-order valence-electron chi connectivity index (χ2n) is 3.62. The van der Waals surface area contributed by atoms with Crippen LogP contribution in [0.15, 0.2) is 30.3 Å². The summed E-state index contributed by atoms with van der Waals surface area (Å²) in [5.74, 6) is 0. The first-order valence-corrected chi connectivity index (χ1v) is 4.66. The minimum absolute atomic E-state index is 0. The van der Waals surface area contributed by atoms with Crippen molar-refractivity contribution in [1.29, 1.82) is 0 Å². The van der Waals surface area contributed by atoms with Gasteiger partial charge in [0.1, 0.15) is 0 Å². The molecule has 1 heteroatoms. The summed E-state index contributed by atoms with van der Waals surface area (Å²) in [5.41, 5.74) is 1.69. The molecular formula is C13H23W-. The largest absolute Gasteiger partial charge is 0.358 e. The molecule has 0 unspecified atom stereocenters. The van der Waals surface area contributed by atoms with Gasteiger partial charge in [-0.05, 0) is 11.0 Å². The Hall–Kier alpha value is -0.0917. The third-order valence-corrected chi connectivity index (χ3v) is 1.64. The molecule has 0 radical (unpaired) electrons. The smallest absolute Gasteiger partial charge is 0 e. The molecule has 0 aliphatic rings. The topological polar surface area (TPSA) is 0 Å². The van der Waals surface area contributed by atoms with E-state index in [4.69, 9.17) is 0 Å². The van der Waals surface area contributed by atoms with Crippen LogP contribution in [0.4, 0.5) is 0 Å². The van der Waals surface area contributed by atoms with Gasteiger partial charge in [-0.1, -0.05) is 65.0 Å². The van der Waals surface area contributed by atoms with Gasteiger partial charge in [0, 0.05) is 21.1 Å². The summed E-state index contributed by atoms with van der Waals surface area (Å²) in [6, 6.07) is 10.6. The van der Waals surface area contributed by atoms with Crippen molar-refractivity contribution in [3.8, 4) is 0 Å². The van der Waals surface area contributed by atoms with Gasteiger partial charge in [-0.3, -0.25) is 0 Å². The quantitative estimate of drug-likeness (QED) is 0.598. The SMILES string of the molecule is CC.CC(C)(C)c1ccccc1.[CH3-].[W]. The van der Waals surface area contributed by atoms with Crippen LogP contribution in [0.3, 0.4) is 0 Å². The van der Waals surface area contributed by atoms with E-state index in [0.29, 0.717) is 5.41 Å². The molecule has 0 aliphatic heterocycles. The maximum absolute atomic E-state index is 2.22. The van der Waals surface area contributed by atoms with E-state index in [0.717, 1.165) is 0 Å². The molecular weight excluding hydrogens is 340 g/mol. The third kappa shape index (κ3) is 7.33. The van der Waals surface area contributed by atoms with Crippen LogP contribution in [0.2, 0.25) is 0 Å². The molecule has 82 valence electrons. The van der Waals surface area contributed by atoms with Gasteiger partial charge in [-0.2, -0.15) is 0 Å². The van der Waals surface area contributed by atoms with Crippen molar-refractivity contribution in [1.82, 2.24) is 0 Å². The van der Waals surface area contributed by atoms with E-state index in [-0.39, 0.29) is 28.5 Å². The molecule has 0 aliphatic carbocycles. The maximum atomic E-state index is 2.22. The van der Waals surface area contributed by atoms with Crippen molar-refractivity contribution >= 4 is 0 Å². The third-order valence-electron chi connectivity index (χ3n) is 1.64. The molecule has 0 N–H and O–H groups in total. The Morgan fingerprint density at radius 1 is 0.857 bits per heavy atom. The molecule has 1 rings (SSSR count). The number of benzene rings is 1. The number of hydrogen-bond donors (Lipinski definition) is 0. The van der Waals surface area contributed by atoms with Gasteiger partial charge in [0.15, 0.2) is 0 Å².